The molecule has 1 fully saturated rings. The largest absolute Gasteiger partial charge is 0.494 e. The third-order valence-electron chi connectivity index (χ3n) is 3.65. The van der Waals surface area contributed by atoms with Crippen LogP contribution in [0.1, 0.15) is 38.2 Å². The van der Waals surface area contributed by atoms with Gasteiger partial charge >= 0.3 is 0 Å². The molecule has 2 rings (SSSR count). The number of nitrogens with one attached hydrogen (secondary N) is 2. The molecule has 1 aromatic rings. The Balaban J connectivity index is 0.00000242. The van der Waals surface area contributed by atoms with Crippen molar-refractivity contribution in [2.75, 3.05) is 25.0 Å². The van der Waals surface area contributed by atoms with Gasteiger partial charge in [0.15, 0.2) is 0 Å². The van der Waals surface area contributed by atoms with Crippen molar-refractivity contribution in [3.63, 3.8) is 0 Å². The van der Waals surface area contributed by atoms with Crippen LogP contribution in [0.3, 0.4) is 0 Å². The number of benzene rings is 1. The van der Waals surface area contributed by atoms with Gasteiger partial charge in [0.25, 0.3) is 0 Å². The van der Waals surface area contributed by atoms with E-state index in [1.807, 2.05) is 25.1 Å². The fourth-order valence-electron chi connectivity index (χ4n) is 2.11. The van der Waals surface area contributed by atoms with E-state index >= 15 is 0 Å². The van der Waals surface area contributed by atoms with Gasteiger partial charge in [0, 0.05) is 5.69 Å². The Hall–Kier alpha value is -1.26. The Morgan fingerprint density at radius 2 is 2.14 bits per heavy atom. The van der Waals surface area contributed by atoms with Gasteiger partial charge < -0.3 is 15.4 Å². The fourth-order valence-corrected chi connectivity index (χ4v) is 2.11. The average Bonchev–Trinajstić information content (AvgIpc) is 3.26. The maximum atomic E-state index is 11.9. The van der Waals surface area contributed by atoms with E-state index in [1.54, 1.807) is 0 Å². The number of ether oxygens (including phenoxy) is 1. The molecule has 0 aliphatic heterocycles. The number of rotatable bonds is 9. The molecule has 2 N–H and O–H groups in total. The molecule has 1 aliphatic carbocycles. The summed E-state index contributed by atoms with van der Waals surface area (Å²) in [5.74, 6) is 1.67. The van der Waals surface area contributed by atoms with Gasteiger partial charge in [-0.2, -0.15) is 0 Å². The zero-order valence-corrected chi connectivity index (χ0v) is 14.3. The first-order chi connectivity index (χ1) is 10.2. The molecule has 124 valence electrons. The molecule has 0 atom stereocenters. The minimum Gasteiger partial charge on any atom is -0.494 e. The summed E-state index contributed by atoms with van der Waals surface area (Å²) in [6, 6.07) is 5.80. The van der Waals surface area contributed by atoms with Crippen LogP contribution in [0.2, 0.25) is 0 Å². The average molecular weight is 327 g/mol. The van der Waals surface area contributed by atoms with Crippen LogP contribution in [-0.2, 0) is 4.79 Å². The van der Waals surface area contributed by atoms with Gasteiger partial charge in [-0.25, -0.2) is 0 Å². The summed E-state index contributed by atoms with van der Waals surface area (Å²) in [7, 11) is 0. The predicted octanol–water partition coefficient (Wildman–Crippen LogP) is 3.53. The number of carbonyl (C=O) groups excluding carboxylic acids is 1. The molecular formula is C17H27ClN2O2. The molecule has 0 saturated heterocycles. The van der Waals surface area contributed by atoms with Crippen molar-refractivity contribution >= 4 is 24.0 Å². The van der Waals surface area contributed by atoms with Crippen molar-refractivity contribution in [3.8, 4) is 5.75 Å². The van der Waals surface area contributed by atoms with E-state index in [2.05, 4.69) is 17.6 Å². The van der Waals surface area contributed by atoms with Crippen LogP contribution in [0.4, 0.5) is 5.69 Å². The summed E-state index contributed by atoms with van der Waals surface area (Å²) in [5, 5.41) is 6.14. The smallest absolute Gasteiger partial charge is 0.238 e. The molecule has 0 radical (unpaired) electrons. The summed E-state index contributed by atoms with van der Waals surface area (Å²) >= 11 is 0. The minimum atomic E-state index is 0. The molecule has 1 amide bonds. The number of hydrogen-bond donors (Lipinski definition) is 2. The molecule has 0 aromatic heterocycles. The number of aryl methyl sites for hydroxylation is 1. The van der Waals surface area contributed by atoms with Crippen LogP contribution >= 0.6 is 12.4 Å². The van der Waals surface area contributed by atoms with Crippen molar-refractivity contribution in [1.82, 2.24) is 5.32 Å². The highest BCUT2D eigenvalue weighted by atomic mass is 35.5. The van der Waals surface area contributed by atoms with Crippen LogP contribution in [0.5, 0.6) is 5.75 Å². The van der Waals surface area contributed by atoms with Crippen molar-refractivity contribution in [3.05, 3.63) is 23.8 Å². The Bertz CT molecular complexity index is 476. The van der Waals surface area contributed by atoms with Gasteiger partial charge in [0.1, 0.15) is 5.75 Å². The Morgan fingerprint density at radius 3 is 2.77 bits per heavy atom. The molecule has 4 nitrogen and oxygen atoms in total. The van der Waals surface area contributed by atoms with E-state index in [0.717, 1.165) is 48.9 Å². The number of unbranched alkanes of at least 4 members (excludes halogenated alkanes) is 1. The normalized spacial score (nSPS) is 13.4. The highest BCUT2D eigenvalue weighted by molar-refractivity contribution is 5.93. The van der Waals surface area contributed by atoms with E-state index in [9.17, 15) is 4.79 Å². The fraction of sp³-hybridized carbons (Fsp3) is 0.588. The number of carbonyl (C=O) groups is 1. The summed E-state index contributed by atoms with van der Waals surface area (Å²) in [6.45, 7) is 6.21. The highest BCUT2D eigenvalue weighted by Gasteiger charge is 2.20. The van der Waals surface area contributed by atoms with Crippen LogP contribution < -0.4 is 15.4 Å². The van der Waals surface area contributed by atoms with Crippen LogP contribution in [0, 0.1) is 12.8 Å². The number of anilines is 1. The quantitative estimate of drug-likeness (QED) is 0.682. The first-order valence-corrected chi connectivity index (χ1v) is 7.93. The van der Waals surface area contributed by atoms with Crippen LogP contribution in [0.25, 0.3) is 0 Å². The Labute approximate surface area is 139 Å². The molecule has 0 bridgehead atoms. The van der Waals surface area contributed by atoms with E-state index < -0.39 is 0 Å². The van der Waals surface area contributed by atoms with E-state index in [-0.39, 0.29) is 18.3 Å². The lowest BCUT2D eigenvalue weighted by atomic mass is 10.2. The van der Waals surface area contributed by atoms with Crippen LogP contribution in [-0.4, -0.2) is 25.6 Å². The molecule has 0 spiro atoms. The molecule has 5 heteroatoms. The number of hydrogen-bond acceptors (Lipinski definition) is 3. The van der Waals surface area contributed by atoms with Crippen molar-refractivity contribution < 1.29 is 9.53 Å². The zero-order chi connectivity index (χ0) is 15.1. The second-order valence-electron chi connectivity index (χ2n) is 5.80. The van der Waals surface area contributed by atoms with E-state index in [0.29, 0.717) is 6.54 Å². The lowest BCUT2D eigenvalue weighted by Crippen LogP contribution is -2.29. The first kappa shape index (κ1) is 18.8. The van der Waals surface area contributed by atoms with Gasteiger partial charge in [0.2, 0.25) is 5.91 Å². The van der Waals surface area contributed by atoms with Gasteiger partial charge in [0.05, 0.1) is 13.2 Å². The molecule has 0 unspecified atom stereocenters. The second kappa shape index (κ2) is 9.70. The standard InChI is InChI=1S/C17H26N2O2.ClH/c1-3-4-9-21-15-7-8-16(13(2)10-15)19-17(20)12-18-11-14-5-6-14;/h7-8,10,14,18H,3-6,9,11-12H2,1-2H3,(H,19,20);1H. The van der Waals surface area contributed by atoms with Crippen molar-refractivity contribution in [2.24, 2.45) is 5.92 Å². The van der Waals surface area contributed by atoms with Gasteiger partial charge in [-0.15, -0.1) is 12.4 Å². The lowest BCUT2D eigenvalue weighted by molar-refractivity contribution is -0.115. The maximum absolute atomic E-state index is 11.9. The third kappa shape index (κ3) is 6.67. The maximum Gasteiger partial charge on any atom is 0.238 e. The summed E-state index contributed by atoms with van der Waals surface area (Å²) < 4.78 is 5.66. The highest BCUT2D eigenvalue weighted by Crippen LogP contribution is 2.27. The second-order valence-corrected chi connectivity index (χ2v) is 5.80. The number of amides is 1. The molecule has 1 saturated carbocycles. The molecular weight excluding hydrogens is 300 g/mol. The van der Waals surface area contributed by atoms with Crippen molar-refractivity contribution in [1.29, 1.82) is 0 Å². The van der Waals surface area contributed by atoms with Crippen molar-refractivity contribution in [2.45, 2.75) is 39.5 Å². The van der Waals surface area contributed by atoms with Gasteiger partial charge in [-0.1, -0.05) is 13.3 Å². The summed E-state index contributed by atoms with van der Waals surface area (Å²) in [5.41, 5.74) is 1.88. The molecule has 0 heterocycles. The molecule has 1 aliphatic rings. The third-order valence-corrected chi connectivity index (χ3v) is 3.65. The minimum absolute atomic E-state index is 0. The SMILES string of the molecule is CCCCOc1ccc(NC(=O)CNCC2CC2)c(C)c1.Cl. The molecule has 22 heavy (non-hydrogen) atoms. The Morgan fingerprint density at radius 1 is 1.36 bits per heavy atom. The first-order valence-electron chi connectivity index (χ1n) is 7.93. The van der Waals surface area contributed by atoms with E-state index in [1.165, 1.54) is 12.8 Å². The van der Waals surface area contributed by atoms with Gasteiger partial charge in [-0.05, 0) is 62.4 Å². The predicted molar refractivity (Wildman–Crippen MR) is 93.1 cm³/mol. The van der Waals surface area contributed by atoms with E-state index in [4.69, 9.17) is 4.74 Å². The Kier molecular flexibility index (Phi) is 8.28. The van der Waals surface area contributed by atoms with Gasteiger partial charge in [-0.3, -0.25) is 4.79 Å². The molecule has 1 aromatic carbocycles. The van der Waals surface area contributed by atoms with Crippen LogP contribution in [0.15, 0.2) is 18.2 Å². The summed E-state index contributed by atoms with van der Waals surface area (Å²) in [4.78, 5) is 11.9. The zero-order valence-electron chi connectivity index (χ0n) is 13.5. The summed E-state index contributed by atoms with van der Waals surface area (Å²) in [6.07, 6.45) is 4.78. The lowest BCUT2D eigenvalue weighted by Gasteiger charge is -2.11. The number of halogens is 1. The topological polar surface area (TPSA) is 50.4 Å². The monoisotopic (exact) mass is 326 g/mol.